The number of benzene rings is 2. The number of piperazine rings is 1. The molecule has 3 aromatic rings. The van der Waals surface area contributed by atoms with E-state index in [1.807, 2.05) is 42.2 Å². The van der Waals surface area contributed by atoms with Gasteiger partial charge in [0.2, 0.25) is 5.82 Å². The summed E-state index contributed by atoms with van der Waals surface area (Å²) >= 11 is 0. The van der Waals surface area contributed by atoms with Gasteiger partial charge >= 0.3 is 36.4 Å². The van der Waals surface area contributed by atoms with Crippen molar-refractivity contribution < 1.29 is 74.0 Å². The first-order chi connectivity index (χ1) is 27.8. The molecule has 330 valence electrons. The number of guanidine groups is 1. The fourth-order valence-corrected chi connectivity index (χ4v) is 5.48. The molecule has 24 heteroatoms. The lowest BCUT2D eigenvalue weighted by Gasteiger charge is -2.34. The van der Waals surface area contributed by atoms with E-state index in [4.69, 9.17) is 45.8 Å². The number of nitrogens with one attached hydrogen (secondary N) is 3. The summed E-state index contributed by atoms with van der Waals surface area (Å²) in [5.74, 6) is -7.55. The molecule has 2 heterocycles. The topological polar surface area (TPSA) is 235 Å². The Balaban J connectivity index is 0.000000485. The monoisotopic (exact) mass is 868 g/mol. The Morgan fingerprint density at radius 3 is 1.78 bits per heavy atom. The summed E-state index contributed by atoms with van der Waals surface area (Å²) in [5, 5.41) is 36.7. The number of nitrogens with zero attached hydrogens (tertiary/aromatic N) is 4. The van der Waals surface area contributed by atoms with E-state index in [1.165, 1.54) is 5.56 Å². The van der Waals surface area contributed by atoms with Crippen molar-refractivity contribution >= 4 is 52.6 Å². The summed E-state index contributed by atoms with van der Waals surface area (Å²) in [7, 11) is 0. The highest BCUT2D eigenvalue weighted by Crippen LogP contribution is 2.27. The number of fused-ring (bicyclic) bond motifs is 1. The van der Waals surface area contributed by atoms with Crippen LogP contribution in [0.15, 0.2) is 54.6 Å². The van der Waals surface area contributed by atoms with Gasteiger partial charge in [-0.3, -0.25) is 15.1 Å². The van der Waals surface area contributed by atoms with Crippen molar-refractivity contribution in [2.45, 2.75) is 63.2 Å². The molecule has 1 aliphatic heterocycles. The number of anilines is 1. The number of rotatable bonds is 7. The van der Waals surface area contributed by atoms with E-state index in [0.29, 0.717) is 18.9 Å². The van der Waals surface area contributed by atoms with Gasteiger partial charge < -0.3 is 36.6 Å². The Bertz CT molecular complexity index is 1900. The fourth-order valence-electron chi connectivity index (χ4n) is 5.48. The summed E-state index contributed by atoms with van der Waals surface area (Å²) in [4.78, 5) is 53.9. The molecule has 1 saturated carbocycles. The number of carbonyl (C=O) groups is 4. The molecule has 5 rings (SSSR count). The SMILES string of the molecule is Cc1ccc2nc(C(=O)N3CCN(C/C=C/c4ccccc4)CC3)nc(NC3CCCCC3NC(=N)N)c2c1.O=C(O)C(F)(F)F.O=C(O)C(F)(F)F.O=C(O)C(F)(F)F. The standard InChI is InChI=1S/C30H38N8O.3C2HF3O2/c1-21-13-14-24-23(20-21)27(34-25-11-5-6-12-26(25)35-30(31)32)36-28(33-24)29(39)38-18-16-37(17-19-38)15-7-10-22-8-3-2-4-9-22;3*3-2(4,5)1(6)7/h2-4,7-10,13-14,20,25-26H,5-6,11-12,15-19H2,1H3,(H4,31,32,35)(H,33,34,36);3*(H,6,7)/b10-7+;;;. The Labute approximate surface area is 335 Å². The Morgan fingerprint density at radius 2 is 1.30 bits per heavy atom. The number of hydrogen-bond acceptors (Lipinski definition) is 9. The molecule has 1 aliphatic carbocycles. The van der Waals surface area contributed by atoms with Crippen LogP contribution in [0.1, 0.15) is 47.4 Å². The lowest BCUT2D eigenvalue weighted by Crippen LogP contribution is -2.50. The highest BCUT2D eigenvalue weighted by atomic mass is 19.4. The molecule has 2 unspecified atom stereocenters. The van der Waals surface area contributed by atoms with Crippen LogP contribution in [0.25, 0.3) is 17.0 Å². The summed E-state index contributed by atoms with van der Waals surface area (Å²) in [6, 6.07) is 16.4. The second-order valence-corrected chi connectivity index (χ2v) is 12.9. The van der Waals surface area contributed by atoms with Gasteiger partial charge in [-0.15, -0.1) is 0 Å². The van der Waals surface area contributed by atoms with Crippen LogP contribution in [-0.4, -0.2) is 128 Å². The van der Waals surface area contributed by atoms with Crippen LogP contribution in [0, 0.1) is 12.3 Å². The van der Waals surface area contributed by atoms with Gasteiger partial charge in [-0.1, -0.05) is 67.0 Å². The van der Waals surface area contributed by atoms with E-state index in [0.717, 1.165) is 61.8 Å². The smallest absolute Gasteiger partial charge is 0.475 e. The molecule has 0 bridgehead atoms. The zero-order valence-electron chi connectivity index (χ0n) is 31.5. The number of aryl methyl sites for hydroxylation is 1. The van der Waals surface area contributed by atoms with E-state index in [1.54, 1.807) is 0 Å². The first-order valence-electron chi connectivity index (χ1n) is 17.6. The maximum absolute atomic E-state index is 13.6. The summed E-state index contributed by atoms with van der Waals surface area (Å²) < 4.78 is 95.2. The van der Waals surface area contributed by atoms with Crippen molar-refractivity contribution in [2.75, 3.05) is 38.0 Å². The van der Waals surface area contributed by atoms with Crippen LogP contribution in [0.3, 0.4) is 0 Å². The molecule has 8 N–H and O–H groups in total. The molecule has 2 aromatic carbocycles. The molecule has 0 spiro atoms. The summed E-state index contributed by atoms with van der Waals surface area (Å²) in [6.45, 7) is 5.80. The molecule has 15 nitrogen and oxygen atoms in total. The van der Waals surface area contributed by atoms with Crippen LogP contribution >= 0.6 is 0 Å². The minimum absolute atomic E-state index is 0.0253. The van der Waals surface area contributed by atoms with Crippen LogP contribution in [-0.2, 0) is 14.4 Å². The van der Waals surface area contributed by atoms with Gasteiger partial charge in [0, 0.05) is 50.2 Å². The number of nitrogens with two attached hydrogens (primary N) is 1. The molecule has 2 aliphatic rings. The highest BCUT2D eigenvalue weighted by molar-refractivity contribution is 5.97. The molecule has 2 atom stereocenters. The number of amides is 1. The maximum atomic E-state index is 13.6. The van der Waals surface area contributed by atoms with Gasteiger partial charge in [-0.05, 0) is 37.5 Å². The van der Waals surface area contributed by atoms with Crippen LogP contribution in [0.2, 0.25) is 0 Å². The number of aliphatic carboxylic acids is 3. The molecule has 2 fully saturated rings. The number of carboxylic acid groups (broad SMARTS) is 3. The van der Waals surface area contributed by atoms with Gasteiger partial charge in [0.15, 0.2) is 5.96 Å². The number of aromatic nitrogens is 2. The Hall–Kier alpha value is -6.20. The quantitative estimate of drug-likeness (QED) is 0.0882. The molecule has 1 saturated heterocycles. The van der Waals surface area contributed by atoms with E-state index in [-0.39, 0.29) is 29.8 Å². The largest absolute Gasteiger partial charge is 0.490 e. The molecule has 0 radical (unpaired) electrons. The van der Waals surface area contributed by atoms with Crippen LogP contribution in [0.5, 0.6) is 0 Å². The molecule has 60 heavy (non-hydrogen) atoms. The second kappa shape index (κ2) is 22.2. The minimum Gasteiger partial charge on any atom is -0.475 e. The van der Waals surface area contributed by atoms with Gasteiger partial charge in [0.05, 0.1) is 5.52 Å². The third-order valence-electron chi connectivity index (χ3n) is 8.33. The predicted octanol–water partition coefficient (Wildman–Crippen LogP) is 5.52. The van der Waals surface area contributed by atoms with Gasteiger partial charge in [0.25, 0.3) is 5.91 Å². The van der Waals surface area contributed by atoms with Crippen molar-refractivity contribution in [3.63, 3.8) is 0 Å². The molecular weight excluding hydrogens is 827 g/mol. The van der Waals surface area contributed by atoms with Crippen molar-refractivity contribution in [2.24, 2.45) is 5.73 Å². The van der Waals surface area contributed by atoms with Gasteiger partial charge in [-0.25, -0.2) is 24.4 Å². The average Bonchev–Trinajstić information content (AvgIpc) is 3.15. The molecular formula is C36H41F9N8O7. The zero-order valence-corrected chi connectivity index (χ0v) is 31.5. The molecule has 1 amide bonds. The number of hydrogen-bond donors (Lipinski definition) is 7. The van der Waals surface area contributed by atoms with E-state index in [9.17, 15) is 44.3 Å². The van der Waals surface area contributed by atoms with Crippen molar-refractivity contribution in [3.8, 4) is 0 Å². The van der Waals surface area contributed by atoms with Crippen LogP contribution < -0.4 is 16.4 Å². The van der Waals surface area contributed by atoms with E-state index < -0.39 is 36.4 Å². The second-order valence-electron chi connectivity index (χ2n) is 12.9. The molecule has 1 aromatic heterocycles. The Kier molecular flexibility index (Phi) is 18.5. The third-order valence-corrected chi connectivity index (χ3v) is 8.33. The van der Waals surface area contributed by atoms with Crippen LogP contribution in [0.4, 0.5) is 45.3 Å². The lowest BCUT2D eigenvalue weighted by molar-refractivity contribution is -0.193. The fraction of sp³-hybridized carbons (Fsp3) is 0.417. The number of carboxylic acids is 3. The van der Waals surface area contributed by atoms with Gasteiger partial charge in [0.1, 0.15) is 5.82 Å². The summed E-state index contributed by atoms with van der Waals surface area (Å²) in [5.41, 5.74) is 8.70. The van der Waals surface area contributed by atoms with E-state index in [2.05, 4.69) is 50.9 Å². The highest BCUT2D eigenvalue weighted by Gasteiger charge is 2.39. The first-order valence-corrected chi connectivity index (χ1v) is 17.6. The van der Waals surface area contributed by atoms with Crippen molar-refractivity contribution in [1.82, 2.24) is 25.1 Å². The van der Waals surface area contributed by atoms with Gasteiger partial charge in [-0.2, -0.15) is 39.5 Å². The number of carbonyl (C=O) groups excluding carboxylic acids is 1. The number of halogens is 9. The number of alkyl halides is 9. The maximum Gasteiger partial charge on any atom is 0.490 e. The lowest BCUT2D eigenvalue weighted by atomic mass is 9.90. The first kappa shape index (κ1) is 49.9. The normalized spacial score (nSPS) is 17.1. The predicted molar refractivity (Wildman–Crippen MR) is 198 cm³/mol. The minimum atomic E-state index is -5.08. The van der Waals surface area contributed by atoms with Crippen molar-refractivity contribution in [1.29, 1.82) is 5.41 Å². The van der Waals surface area contributed by atoms with E-state index >= 15 is 0 Å². The van der Waals surface area contributed by atoms with Crippen molar-refractivity contribution in [3.05, 3.63) is 71.6 Å². The zero-order chi connectivity index (χ0) is 45.4. The average molecular weight is 869 g/mol. The summed E-state index contributed by atoms with van der Waals surface area (Å²) in [6.07, 6.45) is -6.89. The third kappa shape index (κ3) is 17.3. The Morgan fingerprint density at radius 1 is 0.800 bits per heavy atom.